The Balaban J connectivity index is 2.16. The minimum atomic E-state index is -4.08. The van der Waals surface area contributed by atoms with E-state index in [0.717, 1.165) is 4.47 Å². The molecule has 0 radical (unpaired) electrons. The summed E-state index contributed by atoms with van der Waals surface area (Å²) in [6, 6.07) is 19.5. The Labute approximate surface area is 165 Å². The third kappa shape index (κ3) is 4.40. The van der Waals surface area contributed by atoms with Crippen LogP contribution in [0.25, 0.3) is 6.08 Å². The molecular weight excluding hydrogens is 431 g/mol. The molecule has 3 aromatic rings. The monoisotopic (exact) mass is 444 g/mol. The van der Waals surface area contributed by atoms with E-state index in [1.54, 1.807) is 42.5 Å². The maximum atomic E-state index is 13.2. The summed E-state index contributed by atoms with van der Waals surface area (Å²) in [4.78, 5) is 12.6. The Morgan fingerprint density at radius 2 is 1.44 bits per heavy atom. The molecule has 0 spiro atoms. The predicted octanol–water partition coefficient (Wildman–Crippen LogP) is 5.29. The van der Waals surface area contributed by atoms with Crippen LogP contribution in [0.15, 0.2) is 93.1 Å². The minimum Gasteiger partial charge on any atom is -0.288 e. The van der Waals surface area contributed by atoms with Crippen LogP contribution >= 0.6 is 15.9 Å². The number of carbonyl (C=O) groups is 1. The largest absolute Gasteiger partial charge is 0.288 e. The van der Waals surface area contributed by atoms with Gasteiger partial charge < -0.3 is 0 Å². The smallest absolute Gasteiger partial charge is 0.210 e. The van der Waals surface area contributed by atoms with E-state index in [2.05, 4.69) is 15.9 Å². The lowest BCUT2D eigenvalue weighted by atomic mass is 10.1. The Kier molecular flexibility index (Phi) is 5.68. The summed E-state index contributed by atoms with van der Waals surface area (Å²) >= 11 is 3.26. The van der Waals surface area contributed by atoms with Crippen molar-refractivity contribution < 1.29 is 17.6 Å². The molecule has 0 N–H and O–H groups in total. The number of Topliss-reactive ketones (excluding diaryl/α,β-unsaturated/α-hetero) is 1. The van der Waals surface area contributed by atoms with E-state index in [1.165, 1.54) is 42.5 Å². The highest BCUT2D eigenvalue weighted by atomic mass is 79.9. The standard InChI is InChI=1S/C21H14BrFO3S/c22-17-8-12-19(13-9-17)27(25,26)20(14-15-6-10-18(23)11-7-15)21(24)16-4-2-1-3-5-16/h1-14H/b20-14+. The molecule has 0 amide bonds. The molecule has 3 nitrogen and oxygen atoms in total. The summed E-state index contributed by atoms with van der Waals surface area (Å²) in [7, 11) is -4.08. The molecule has 6 heteroatoms. The average Bonchev–Trinajstić information content (AvgIpc) is 2.68. The molecule has 0 bridgehead atoms. The van der Waals surface area contributed by atoms with Gasteiger partial charge in [0.05, 0.1) is 4.90 Å². The zero-order valence-electron chi connectivity index (χ0n) is 14.0. The van der Waals surface area contributed by atoms with Crippen LogP contribution < -0.4 is 0 Å². The van der Waals surface area contributed by atoms with Gasteiger partial charge in [-0.3, -0.25) is 4.79 Å². The normalized spacial score (nSPS) is 12.0. The van der Waals surface area contributed by atoms with Crippen molar-refractivity contribution in [1.29, 1.82) is 0 Å². The molecule has 0 heterocycles. The van der Waals surface area contributed by atoms with E-state index >= 15 is 0 Å². The highest BCUT2D eigenvalue weighted by Gasteiger charge is 2.28. The number of benzene rings is 3. The van der Waals surface area contributed by atoms with E-state index in [9.17, 15) is 17.6 Å². The van der Waals surface area contributed by atoms with Gasteiger partial charge >= 0.3 is 0 Å². The molecule has 0 saturated carbocycles. The molecule has 0 fully saturated rings. The number of sulfone groups is 1. The molecule has 0 aliphatic rings. The van der Waals surface area contributed by atoms with Gasteiger partial charge in [0.25, 0.3) is 0 Å². The molecular formula is C21H14BrFO3S. The van der Waals surface area contributed by atoms with Crippen LogP contribution in [0.5, 0.6) is 0 Å². The van der Waals surface area contributed by atoms with Crippen LogP contribution in [-0.2, 0) is 9.84 Å². The highest BCUT2D eigenvalue weighted by Crippen LogP contribution is 2.26. The number of halogens is 2. The molecule has 3 rings (SSSR count). The number of hydrogen-bond donors (Lipinski definition) is 0. The maximum absolute atomic E-state index is 13.2. The second kappa shape index (κ2) is 7.98. The van der Waals surface area contributed by atoms with Crippen molar-refractivity contribution in [2.24, 2.45) is 0 Å². The second-order valence-electron chi connectivity index (χ2n) is 5.71. The lowest BCUT2D eigenvalue weighted by Gasteiger charge is -2.10. The minimum absolute atomic E-state index is 0.00310. The van der Waals surface area contributed by atoms with Crippen LogP contribution in [0, 0.1) is 5.82 Å². The first-order chi connectivity index (χ1) is 12.9. The molecule has 0 aliphatic carbocycles. The van der Waals surface area contributed by atoms with Crippen molar-refractivity contribution in [2.75, 3.05) is 0 Å². The molecule has 0 atom stereocenters. The lowest BCUT2D eigenvalue weighted by molar-refractivity contribution is 0.104. The van der Waals surface area contributed by atoms with Gasteiger partial charge in [-0.2, -0.15) is 0 Å². The molecule has 27 heavy (non-hydrogen) atoms. The molecule has 136 valence electrons. The van der Waals surface area contributed by atoms with Crippen molar-refractivity contribution in [3.8, 4) is 0 Å². The summed E-state index contributed by atoms with van der Waals surface area (Å²) in [5, 5.41) is 0. The Hall–Kier alpha value is -2.57. The average molecular weight is 445 g/mol. The zero-order chi connectivity index (χ0) is 19.4. The number of allylic oxidation sites excluding steroid dienone is 1. The quantitative estimate of drug-likeness (QED) is 0.396. The summed E-state index contributed by atoms with van der Waals surface area (Å²) in [6.45, 7) is 0. The fourth-order valence-electron chi connectivity index (χ4n) is 2.45. The van der Waals surface area contributed by atoms with Crippen molar-refractivity contribution >= 4 is 37.6 Å². The highest BCUT2D eigenvalue weighted by molar-refractivity contribution is 9.10. The summed E-state index contributed by atoms with van der Waals surface area (Å²) in [5.74, 6) is -1.07. The van der Waals surface area contributed by atoms with Gasteiger partial charge in [0.15, 0.2) is 0 Å². The van der Waals surface area contributed by atoms with Gasteiger partial charge in [-0.05, 0) is 48.0 Å². The third-order valence-corrected chi connectivity index (χ3v) is 6.14. The molecule has 3 aromatic carbocycles. The number of hydrogen-bond acceptors (Lipinski definition) is 3. The van der Waals surface area contributed by atoms with Crippen molar-refractivity contribution in [3.63, 3.8) is 0 Å². The molecule has 0 saturated heterocycles. The van der Waals surface area contributed by atoms with Crippen LogP contribution in [0.4, 0.5) is 4.39 Å². The van der Waals surface area contributed by atoms with Crippen molar-refractivity contribution in [2.45, 2.75) is 4.90 Å². The van der Waals surface area contributed by atoms with E-state index in [4.69, 9.17) is 0 Å². The lowest BCUT2D eigenvalue weighted by Crippen LogP contribution is -2.14. The van der Waals surface area contributed by atoms with E-state index in [1.807, 2.05) is 0 Å². The SMILES string of the molecule is O=C(/C(=C\c1ccc(F)cc1)S(=O)(=O)c1ccc(Br)cc1)c1ccccc1. The van der Waals surface area contributed by atoms with Gasteiger partial charge in [-0.1, -0.05) is 58.4 Å². The van der Waals surface area contributed by atoms with Gasteiger partial charge in [0.1, 0.15) is 10.7 Å². The fraction of sp³-hybridized carbons (Fsp3) is 0. The van der Waals surface area contributed by atoms with Crippen LogP contribution in [0.3, 0.4) is 0 Å². The maximum Gasteiger partial charge on any atom is 0.210 e. The third-order valence-electron chi connectivity index (χ3n) is 3.84. The van der Waals surface area contributed by atoms with Crippen LogP contribution in [0.2, 0.25) is 0 Å². The first-order valence-corrected chi connectivity index (χ1v) is 10.2. The van der Waals surface area contributed by atoms with E-state index in [-0.39, 0.29) is 15.4 Å². The topological polar surface area (TPSA) is 51.2 Å². The zero-order valence-corrected chi connectivity index (χ0v) is 16.4. The van der Waals surface area contributed by atoms with Crippen LogP contribution in [0.1, 0.15) is 15.9 Å². The number of ketones is 1. The predicted molar refractivity (Wildman–Crippen MR) is 106 cm³/mol. The fourth-order valence-corrected chi connectivity index (χ4v) is 4.11. The first kappa shape index (κ1) is 19.2. The van der Waals surface area contributed by atoms with Crippen LogP contribution in [-0.4, -0.2) is 14.2 Å². The number of rotatable bonds is 5. The Morgan fingerprint density at radius 1 is 0.852 bits per heavy atom. The first-order valence-electron chi connectivity index (χ1n) is 7.95. The summed E-state index contributed by atoms with van der Waals surface area (Å²) in [5.41, 5.74) is 0.669. The number of carbonyl (C=O) groups excluding carboxylic acids is 1. The van der Waals surface area contributed by atoms with E-state index in [0.29, 0.717) is 5.56 Å². The summed E-state index contributed by atoms with van der Waals surface area (Å²) < 4.78 is 40.2. The van der Waals surface area contributed by atoms with E-state index < -0.39 is 21.4 Å². The van der Waals surface area contributed by atoms with Gasteiger partial charge in [0, 0.05) is 10.0 Å². The van der Waals surface area contributed by atoms with Crippen molar-refractivity contribution in [1.82, 2.24) is 0 Å². The molecule has 0 aromatic heterocycles. The van der Waals surface area contributed by atoms with Gasteiger partial charge in [-0.15, -0.1) is 0 Å². The van der Waals surface area contributed by atoms with Gasteiger partial charge in [0.2, 0.25) is 15.6 Å². The Morgan fingerprint density at radius 3 is 2.04 bits per heavy atom. The Bertz CT molecular complexity index is 1090. The van der Waals surface area contributed by atoms with Crippen molar-refractivity contribution in [3.05, 3.63) is 105 Å². The molecule has 0 unspecified atom stereocenters. The molecule has 0 aliphatic heterocycles. The van der Waals surface area contributed by atoms with Gasteiger partial charge in [-0.25, -0.2) is 12.8 Å². The summed E-state index contributed by atoms with van der Waals surface area (Å²) in [6.07, 6.45) is 1.27. The second-order valence-corrected chi connectivity index (χ2v) is 8.55.